The fraction of sp³-hybridized carbons (Fsp3) is 0.500. The zero-order chi connectivity index (χ0) is 15.0. The van der Waals surface area contributed by atoms with Crippen molar-refractivity contribution in [1.82, 2.24) is 4.90 Å². The van der Waals surface area contributed by atoms with E-state index in [-0.39, 0.29) is 18.3 Å². The molecule has 1 aromatic rings. The number of esters is 1. The third kappa shape index (κ3) is 4.68. The van der Waals surface area contributed by atoms with Crippen molar-refractivity contribution < 1.29 is 14.3 Å². The van der Waals surface area contributed by atoms with Gasteiger partial charge in [-0.25, -0.2) is 0 Å². The molecule has 0 unspecified atom stereocenters. The molecule has 0 saturated heterocycles. The van der Waals surface area contributed by atoms with E-state index in [4.69, 9.17) is 0 Å². The van der Waals surface area contributed by atoms with E-state index in [1.54, 1.807) is 4.90 Å². The number of nitrogens with zero attached hydrogens (tertiary/aromatic N) is 1. The highest BCUT2D eigenvalue weighted by molar-refractivity contribution is 5.95. The molecule has 110 valence electrons. The third-order valence-corrected chi connectivity index (χ3v) is 3.26. The summed E-state index contributed by atoms with van der Waals surface area (Å²) in [5, 5.41) is 0. The Morgan fingerprint density at radius 2 is 1.90 bits per heavy atom. The van der Waals surface area contributed by atoms with E-state index in [1.165, 1.54) is 7.11 Å². The maximum absolute atomic E-state index is 12.5. The Morgan fingerprint density at radius 1 is 1.20 bits per heavy atom. The fourth-order valence-corrected chi connectivity index (χ4v) is 1.98. The molecular weight excluding hydrogens is 254 g/mol. The summed E-state index contributed by atoms with van der Waals surface area (Å²) in [6, 6.07) is 7.52. The third-order valence-electron chi connectivity index (χ3n) is 3.26. The number of aryl methyl sites for hydroxylation is 1. The van der Waals surface area contributed by atoms with Gasteiger partial charge in [-0.1, -0.05) is 31.5 Å². The molecule has 0 atom stereocenters. The predicted octanol–water partition coefficient (Wildman–Crippen LogP) is 2.80. The molecule has 1 amide bonds. The van der Waals surface area contributed by atoms with Gasteiger partial charge in [0, 0.05) is 18.7 Å². The second kappa shape index (κ2) is 8.35. The fourth-order valence-electron chi connectivity index (χ4n) is 1.98. The second-order valence-electron chi connectivity index (χ2n) is 4.79. The standard InChI is InChI=1S/C16H23NO3/c1-4-5-11-17(12-10-15(18)20-3)16(19)14-9-7-6-8-13(14)2/h6-9H,4-5,10-12H2,1-3H3. The van der Waals surface area contributed by atoms with E-state index in [9.17, 15) is 9.59 Å². The molecule has 20 heavy (non-hydrogen) atoms. The molecule has 4 heteroatoms. The first-order valence-corrected chi connectivity index (χ1v) is 7.01. The summed E-state index contributed by atoms with van der Waals surface area (Å²) in [5.41, 5.74) is 1.66. The molecule has 1 aromatic carbocycles. The van der Waals surface area contributed by atoms with Crippen LogP contribution in [0.5, 0.6) is 0 Å². The molecule has 0 radical (unpaired) electrons. The number of carbonyl (C=O) groups is 2. The smallest absolute Gasteiger partial charge is 0.307 e. The molecule has 1 rings (SSSR count). The van der Waals surface area contributed by atoms with Crippen molar-refractivity contribution in [3.05, 3.63) is 35.4 Å². The number of unbranched alkanes of at least 4 members (excludes halogenated alkanes) is 1. The first-order valence-electron chi connectivity index (χ1n) is 7.01. The normalized spacial score (nSPS) is 10.2. The minimum absolute atomic E-state index is 0.0135. The van der Waals surface area contributed by atoms with Gasteiger partial charge in [-0.3, -0.25) is 9.59 Å². The van der Waals surface area contributed by atoms with Crippen LogP contribution in [0.4, 0.5) is 0 Å². The molecule has 0 aliphatic heterocycles. The summed E-state index contributed by atoms with van der Waals surface area (Å²) in [7, 11) is 1.36. The van der Waals surface area contributed by atoms with Crippen molar-refractivity contribution in [2.24, 2.45) is 0 Å². The molecule has 0 aliphatic carbocycles. The van der Waals surface area contributed by atoms with Crippen LogP contribution in [-0.2, 0) is 9.53 Å². The van der Waals surface area contributed by atoms with Crippen LogP contribution in [0.15, 0.2) is 24.3 Å². The summed E-state index contributed by atoms with van der Waals surface area (Å²) < 4.78 is 4.64. The van der Waals surface area contributed by atoms with Crippen molar-refractivity contribution in [2.75, 3.05) is 20.2 Å². The first kappa shape index (κ1) is 16.2. The topological polar surface area (TPSA) is 46.6 Å². The lowest BCUT2D eigenvalue weighted by Gasteiger charge is -2.23. The van der Waals surface area contributed by atoms with Gasteiger partial charge in [-0.05, 0) is 25.0 Å². The van der Waals surface area contributed by atoms with Gasteiger partial charge >= 0.3 is 5.97 Å². The molecular formula is C16H23NO3. The highest BCUT2D eigenvalue weighted by atomic mass is 16.5. The Kier molecular flexibility index (Phi) is 6.77. The van der Waals surface area contributed by atoms with Crippen molar-refractivity contribution in [1.29, 1.82) is 0 Å². The predicted molar refractivity (Wildman–Crippen MR) is 78.6 cm³/mol. The summed E-state index contributed by atoms with van der Waals surface area (Å²) in [4.78, 5) is 25.5. The lowest BCUT2D eigenvalue weighted by Crippen LogP contribution is -2.34. The summed E-state index contributed by atoms with van der Waals surface area (Å²) in [6.45, 7) is 5.07. The molecule has 0 fully saturated rings. The zero-order valence-electron chi connectivity index (χ0n) is 12.5. The average molecular weight is 277 g/mol. The van der Waals surface area contributed by atoms with Gasteiger partial charge in [0.05, 0.1) is 13.5 Å². The van der Waals surface area contributed by atoms with E-state index >= 15 is 0 Å². The van der Waals surface area contributed by atoms with E-state index in [1.807, 2.05) is 31.2 Å². The lowest BCUT2D eigenvalue weighted by molar-refractivity contribution is -0.140. The van der Waals surface area contributed by atoms with Crippen molar-refractivity contribution in [2.45, 2.75) is 33.1 Å². The van der Waals surface area contributed by atoms with Crippen molar-refractivity contribution in [3.63, 3.8) is 0 Å². The molecule has 0 aliphatic rings. The summed E-state index contributed by atoms with van der Waals surface area (Å²) >= 11 is 0. The molecule has 0 aromatic heterocycles. The van der Waals surface area contributed by atoms with Gasteiger partial charge in [-0.2, -0.15) is 0 Å². The number of benzene rings is 1. The van der Waals surface area contributed by atoms with Crippen LogP contribution in [0.2, 0.25) is 0 Å². The van der Waals surface area contributed by atoms with E-state index in [2.05, 4.69) is 11.7 Å². The van der Waals surface area contributed by atoms with E-state index < -0.39 is 0 Å². The number of ether oxygens (including phenoxy) is 1. The highest BCUT2D eigenvalue weighted by Crippen LogP contribution is 2.12. The van der Waals surface area contributed by atoms with Gasteiger partial charge in [0.1, 0.15) is 0 Å². The Bertz CT molecular complexity index is 457. The SMILES string of the molecule is CCCCN(CCC(=O)OC)C(=O)c1ccccc1C. The maximum atomic E-state index is 12.5. The molecule has 0 bridgehead atoms. The molecule has 0 spiro atoms. The molecule has 0 saturated carbocycles. The molecule has 0 heterocycles. The van der Waals surface area contributed by atoms with E-state index in [0.717, 1.165) is 18.4 Å². The molecule has 0 N–H and O–H groups in total. The van der Waals surface area contributed by atoms with Crippen molar-refractivity contribution >= 4 is 11.9 Å². The Labute approximate surface area is 120 Å². The van der Waals surface area contributed by atoms with Gasteiger partial charge in [0.15, 0.2) is 0 Å². The zero-order valence-corrected chi connectivity index (χ0v) is 12.5. The monoisotopic (exact) mass is 277 g/mol. The van der Waals surface area contributed by atoms with Gasteiger partial charge in [0.25, 0.3) is 5.91 Å². The van der Waals surface area contributed by atoms with Crippen LogP contribution < -0.4 is 0 Å². The first-order chi connectivity index (χ1) is 9.60. The van der Waals surface area contributed by atoms with Crippen LogP contribution >= 0.6 is 0 Å². The minimum atomic E-state index is -0.288. The summed E-state index contributed by atoms with van der Waals surface area (Å²) in [6.07, 6.45) is 2.17. The quantitative estimate of drug-likeness (QED) is 0.720. The van der Waals surface area contributed by atoms with Gasteiger partial charge < -0.3 is 9.64 Å². The number of amides is 1. The van der Waals surface area contributed by atoms with Gasteiger partial charge in [0.2, 0.25) is 0 Å². The van der Waals surface area contributed by atoms with E-state index in [0.29, 0.717) is 18.7 Å². The Morgan fingerprint density at radius 3 is 2.50 bits per heavy atom. The van der Waals surface area contributed by atoms with Gasteiger partial charge in [-0.15, -0.1) is 0 Å². The second-order valence-corrected chi connectivity index (χ2v) is 4.79. The minimum Gasteiger partial charge on any atom is -0.469 e. The van der Waals surface area contributed by atoms with Crippen LogP contribution in [0, 0.1) is 6.92 Å². The lowest BCUT2D eigenvalue weighted by atomic mass is 10.1. The Balaban J connectivity index is 2.78. The Hall–Kier alpha value is -1.84. The van der Waals surface area contributed by atoms with Crippen LogP contribution in [-0.4, -0.2) is 37.0 Å². The van der Waals surface area contributed by atoms with Crippen molar-refractivity contribution in [3.8, 4) is 0 Å². The highest BCUT2D eigenvalue weighted by Gasteiger charge is 2.17. The number of methoxy groups -OCH3 is 1. The number of carbonyl (C=O) groups excluding carboxylic acids is 2. The average Bonchev–Trinajstić information content (AvgIpc) is 2.47. The van der Waals surface area contributed by atoms with Crippen LogP contribution in [0.1, 0.15) is 42.1 Å². The number of hydrogen-bond donors (Lipinski definition) is 0. The molecule has 4 nitrogen and oxygen atoms in total. The van der Waals surface area contributed by atoms with Crippen LogP contribution in [0.3, 0.4) is 0 Å². The summed E-state index contributed by atoms with van der Waals surface area (Å²) in [5.74, 6) is -0.301. The van der Waals surface area contributed by atoms with Crippen LogP contribution in [0.25, 0.3) is 0 Å². The maximum Gasteiger partial charge on any atom is 0.307 e. The number of rotatable bonds is 7. The number of hydrogen-bond acceptors (Lipinski definition) is 3. The largest absolute Gasteiger partial charge is 0.469 e.